The first-order valence-corrected chi connectivity index (χ1v) is 25.3. The predicted octanol–water partition coefficient (Wildman–Crippen LogP) is 16.5. The van der Waals surface area contributed by atoms with Crippen LogP contribution in [0.5, 0.6) is 0 Å². The lowest BCUT2D eigenvalue weighted by Crippen LogP contribution is -2.30. The zero-order valence-corrected chi connectivity index (χ0v) is 39.5. The maximum atomic E-state index is 12.7. The molecule has 0 aliphatic heterocycles. The Bertz CT molecular complexity index is 1100. The van der Waals surface area contributed by atoms with Gasteiger partial charge < -0.3 is 14.2 Å². The molecule has 346 valence electrons. The highest BCUT2D eigenvalue weighted by Gasteiger charge is 2.19. The molecule has 0 fully saturated rings. The standard InChI is InChI=1S/C54H94O6/c1-4-7-10-13-16-19-21-23-25-27-29-30-32-35-38-41-44-47-53(56)59-50-51(49-58-52(55)46-43-40-37-34-18-15-12-9-6-3)60-54(57)48-45-42-39-36-33-31-28-26-24-22-20-17-14-11-8-5-2/h9,12,18,26,28,31,33-34,40,43,51H,4-8,10-11,13-17,19-25,27,29-30,32,35-39,41-42,44-50H2,1-3H3/b12-9-,28-26-,33-31-,34-18-,43-40-. The number of esters is 3. The summed E-state index contributed by atoms with van der Waals surface area (Å²) in [6.45, 7) is 6.41. The highest BCUT2D eigenvalue weighted by molar-refractivity contribution is 5.72. The molecule has 0 saturated heterocycles. The lowest BCUT2D eigenvalue weighted by atomic mass is 10.0. The Kier molecular flexibility index (Phi) is 46.4. The second-order valence-electron chi connectivity index (χ2n) is 16.7. The Morgan fingerprint density at radius 3 is 1.22 bits per heavy atom. The van der Waals surface area contributed by atoms with Crippen molar-refractivity contribution in [2.75, 3.05) is 13.2 Å². The van der Waals surface area contributed by atoms with E-state index in [0.29, 0.717) is 6.42 Å². The summed E-state index contributed by atoms with van der Waals surface area (Å²) < 4.78 is 16.6. The Labute approximate surface area is 370 Å². The summed E-state index contributed by atoms with van der Waals surface area (Å²) in [6.07, 6.45) is 59.6. The first-order chi connectivity index (χ1) is 29.5. The molecule has 0 aliphatic carbocycles. The van der Waals surface area contributed by atoms with Gasteiger partial charge in [-0.15, -0.1) is 0 Å². The molecule has 0 aromatic heterocycles. The van der Waals surface area contributed by atoms with Gasteiger partial charge in [-0.3, -0.25) is 14.4 Å². The van der Waals surface area contributed by atoms with E-state index in [9.17, 15) is 14.4 Å². The third-order valence-corrected chi connectivity index (χ3v) is 10.8. The Hall–Kier alpha value is -2.89. The normalized spacial score (nSPS) is 12.5. The van der Waals surface area contributed by atoms with Gasteiger partial charge in [0.25, 0.3) is 0 Å². The minimum absolute atomic E-state index is 0.110. The van der Waals surface area contributed by atoms with Gasteiger partial charge in [0.15, 0.2) is 6.10 Å². The minimum atomic E-state index is -0.820. The van der Waals surface area contributed by atoms with Crippen LogP contribution >= 0.6 is 0 Å². The molecular weight excluding hydrogens is 745 g/mol. The van der Waals surface area contributed by atoms with Crippen molar-refractivity contribution in [3.8, 4) is 0 Å². The summed E-state index contributed by atoms with van der Waals surface area (Å²) in [5, 5.41) is 0. The topological polar surface area (TPSA) is 78.9 Å². The van der Waals surface area contributed by atoms with Crippen molar-refractivity contribution in [2.24, 2.45) is 0 Å². The summed E-state index contributed by atoms with van der Waals surface area (Å²) >= 11 is 0. The van der Waals surface area contributed by atoms with E-state index < -0.39 is 12.1 Å². The van der Waals surface area contributed by atoms with Crippen LogP contribution < -0.4 is 0 Å². The smallest absolute Gasteiger partial charge is 0.309 e. The lowest BCUT2D eigenvalue weighted by molar-refractivity contribution is -0.166. The van der Waals surface area contributed by atoms with Crippen molar-refractivity contribution in [3.63, 3.8) is 0 Å². The summed E-state index contributed by atoms with van der Waals surface area (Å²) in [6, 6.07) is 0. The van der Waals surface area contributed by atoms with E-state index in [-0.39, 0.29) is 38.0 Å². The van der Waals surface area contributed by atoms with E-state index in [4.69, 9.17) is 14.2 Å². The second-order valence-corrected chi connectivity index (χ2v) is 16.7. The van der Waals surface area contributed by atoms with Crippen molar-refractivity contribution in [2.45, 2.75) is 252 Å². The van der Waals surface area contributed by atoms with E-state index in [1.54, 1.807) is 6.08 Å². The molecular formula is C54H94O6. The first kappa shape index (κ1) is 57.1. The van der Waals surface area contributed by atoms with E-state index >= 15 is 0 Å². The van der Waals surface area contributed by atoms with Crippen molar-refractivity contribution >= 4 is 17.9 Å². The number of carbonyl (C=O) groups is 3. The average molecular weight is 839 g/mol. The van der Waals surface area contributed by atoms with Gasteiger partial charge in [-0.2, -0.15) is 0 Å². The van der Waals surface area contributed by atoms with Crippen molar-refractivity contribution in [3.05, 3.63) is 60.8 Å². The van der Waals surface area contributed by atoms with Gasteiger partial charge in [-0.05, 0) is 57.8 Å². The van der Waals surface area contributed by atoms with E-state index in [0.717, 1.165) is 70.6 Å². The Morgan fingerprint density at radius 1 is 0.383 bits per heavy atom. The summed E-state index contributed by atoms with van der Waals surface area (Å²) in [5.74, 6) is -1.06. The van der Waals surface area contributed by atoms with Crippen LogP contribution in [0.2, 0.25) is 0 Å². The fourth-order valence-corrected chi connectivity index (χ4v) is 7.02. The number of unbranched alkanes of at least 4 members (excludes halogenated alkanes) is 26. The van der Waals surface area contributed by atoms with Crippen molar-refractivity contribution in [1.82, 2.24) is 0 Å². The maximum absolute atomic E-state index is 12.7. The van der Waals surface area contributed by atoms with Gasteiger partial charge in [0.2, 0.25) is 0 Å². The van der Waals surface area contributed by atoms with Gasteiger partial charge in [0, 0.05) is 12.8 Å². The monoisotopic (exact) mass is 839 g/mol. The first-order valence-electron chi connectivity index (χ1n) is 25.3. The molecule has 1 atom stereocenters. The van der Waals surface area contributed by atoms with Gasteiger partial charge >= 0.3 is 17.9 Å². The zero-order valence-electron chi connectivity index (χ0n) is 39.5. The van der Waals surface area contributed by atoms with Gasteiger partial charge in [-0.25, -0.2) is 0 Å². The van der Waals surface area contributed by atoms with E-state index in [2.05, 4.69) is 69.4 Å². The molecule has 0 aliphatic rings. The quantitative estimate of drug-likeness (QED) is 0.0200. The van der Waals surface area contributed by atoms with Gasteiger partial charge in [-0.1, -0.05) is 229 Å². The number of carbonyl (C=O) groups excluding carboxylic acids is 3. The molecule has 0 radical (unpaired) electrons. The van der Waals surface area contributed by atoms with Crippen LogP contribution in [0.4, 0.5) is 0 Å². The van der Waals surface area contributed by atoms with Gasteiger partial charge in [0.05, 0.1) is 6.42 Å². The molecule has 0 spiro atoms. The Balaban J connectivity index is 4.39. The molecule has 0 aromatic carbocycles. The van der Waals surface area contributed by atoms with Crippen LogP contribution in [-0.2, 0) is 28.6 Å². The number of ether oxygens (including phenoxy) is 3. The molecule has 0 amide bonds. The fraction of sp³-hybridized carbons (Fsp3) is 0.759. The van der Waals surface area contributed by atoms with E-state index in [1.807, 2.05) is 6.08 Å². The molecule has 0 saturated carbocycles. The van der Waals surface area contributed by atoms with Gasteiger partial charge in [0.1, 0.15) is 13.2 Å². The zero-order chi connectivity index (χ0) is 43.7. The average Bonchev–Trinajstić information content (AvgIpc) is 3.24. The highest BCUT2D eigenvalue weighted by Crippen LogP contribution is 2.15. The largest absolute Gasteiger partial charge is 0.462 e. The molecule has 1 unspecified atom stereocenters. The number of allylic oxidation sites excluding steroid dienone is 9. The van der Waals surface area contributed by atoms with Crippen LogP contribution in [-0.4, -0.2) is 37.2 Å². The molecule has 6 nitrogen and oxygen atoms in total. The fourth-order valence-electron chi connectivity index (χ4n) is 7.02. The Morgan fingerprint density at radius 2 is 0.750 bits per heavy atom. The van der Waals surface area contributed by atoms with Crippen molar-refractivity contribution < 1.29 is 28.6 Å². The third kappa shape index (κ3) is 46.2. The minimum Gasteiger partial charge on any atom is -0.462 e. The lowest BCUT2D eigenvalue weighted by Gasteiger charge is -2.18. The number of rotatable bonds is 45. The van der Waals surface area contributed by atoms with Crippen LogP contribution in [0.3, 0.4) is 0 Å². The number of hydrogen-bond acceptors (Lipinski definition) is 6. The number of hydrogen-bond donors (Lipinski definition) is 0. The molecule has 0 N–H and O–H groups in total. The summed E-state index contributed by atoms with van der Waals surface area (Å²) in [4.78, 5) is 37.8. The van der Waals surface area contributed by atoms with Crippen LogP contribution in [0, 0.1) is 0 Å². The van der Waals surface area contributed by atoms with Crippen LogP contribution in [0.1, 0.15) is 245 Å². The summed E-state index contributed by atoms with van der Waals surface area (Å²) in [5.41, 5.74) is 0. The van der Waals surface area contributed by atoms with Crippen molar-refractivity contribution in [1.29, 1.82) is 0 Å². The predicted molar refractivity (Wildman–Crippen MR) is 256 cm³/mol. The molecule has 0 aromatic rings. The second kappa shape index (κ2) is 48.8. The molecule has 0 rings (SSSR count). The molecule has 0 heterocycles. The van der Waals surface area contributed by atoms with Crippen LogP contribution in [0.25, 0.3) is 0 Å². The third-order valence-electron chi connectivity index (χ3n) is 10.8. The molecule has 60 heavy (non-hydrogen) atoms. The SMILES string of the molecule is CC/C=C\C/C=C\C/C=C\CC(=O)OCC(COC(=O)CCCCCCCCCCCCCCCCCCC)OC(=O)CCCCC/C=C\C=C/CCCCCCCCC. The molecule has 6 heteroatoms. The molecule has 0 bridgehead atoms. The van der Waals surface area contributed by atoms with Crippen LogP contribution in [0.15, 0.2) is 60.8 Å². The maximum Gasteiger partial charge on any atom is 0.309 e. The highest BCUT2D eigenvalue weighted by atomic mass is 16.6. The summed E-state index contributed by atoms with van der Waals surface area (Å²) in [7, 11) is 0. The van der Waals surface area contributed by atoms with E-state index in [1.165, 1.54) is 135 Å².